The van der Waals surface area contributed by atoms with Crippen LogP contribution in [0.2, 0.25) is 0 Å². The van der Waals surface area contributed by atoms with Gasteiger partial charge >= 0.3 is 0 Å². The molecule has 13 heavy (non-hydrogen) atoms. The van der Waals surface area contributed by atoms with Gasteiger partial charge in [-0.25, -0.2) is 0 Å². The van der Waals surface area contributed by atoms with Crippen LogP contribution >= 0.6 is 38.5 Å². The SMILES string of the molecule is C#CCC(=O)c1cc(I)ccc1Br. The number of carbonyl (C=O) groups excluding carboxylic acids is 1. The molecule has 0 unspecified atom stereocenters. The van der Waals surface area contributed by atoms with Gasteiger partial charge in [0.25, 0.3) is 0 Å². The molecule has 1 aromatic rings. The van der Waals surface area contributed by atoms with Gasteiger partial charge in [-0.3, -0.25) is 4.79 Å². The number of hydrogen-bond acceptors (Lipinski definition) is 1. The van der Waals surface area contributed by atoms with Crippen molar-refractivity contribution in [1.82, 2.24) is 0 Å². The first-order valence-electron chi connectivity index (χ1n) is 3.57. The van der Waals surface area contributed by atoms with Gasteiger partial charge in [-0.1, -0.05) is 21.9 Å². The molecule has 0 amide bonds. The molecule has 0 spiro atoms. The second-order valence-corrected chi connectivity index (χ2v) is 4.53. The summed E-state index contributed by atoms with van der Waals surface area (Å²) in [6.45, 7) is 0. The summed E-state index contributed by atoms with van der Waals surface area (Å²) in [5, 5.41) is 0. The van der Waals surface area contributed by atoms with Gasteiger partial charge in [-0.05, 0) is 40.8 Å². The van der Waals surface area contributed by atoms with Gasteiger partial charge in [0, 0.05) is 13.6 Å². The van der Waals surface area contributed by atoms with Crippen LogP contribution < -0.4 is 0 Å². The van der Waals surface area contributed by atoms with Crippen LogP contribution in [0.3, 0.4) is 0 Å². The van der Waals surface area contributed by atoms with E-state index >= 15 is 0 Å². The number of hydrogen-bond donors (Lipinski definition) is 0. The molecule has 0 radical (unpaired) electrons. The highest BCUT2D eigenvalue weighted by Gasteiger charge is 2.08. The second-order valence-electron chi connectivity index (χ2n) is 2.43. The van der Waals surface area contributed by atoms with Crippen LogP contribution in [0.25, 0.3) is 0 Å². The first-order valence-corrected chi connectivity index (χ1v) is 5.44. The topological polar surface area (TPSA) is 17.1 Å². The Balaban J connectivity index is 3.07. The number of benzene rings is 1. The van der Waals surface area contributed by atoms with E-state index in [1.54, 1.807) is 0 Å². The Labute approximate surface area is 99.2 Å². The molecule has 0 aliphatic rings. The summed E-state index contributed by atoms with van der Waals surface area (Å²) in [6.07, 6.45) is 5.22. The van der Waals surface area contributed by atoms with E-state index in [1.807, 2.05) is 18.2 Å². The molecular formula is C10H6BrIO. The van der Waals surface area contributed by atoms with Crippen LogP contribution in [0.5, 0.6) is 0 Å². The first-order chi connectivity index (χ1) is 6.15. The average Bonchev–Trinajstić information content (AvgIpc) is 2.09. The minimum Gasteiger partial charge on any atom is -0.293 e. The number of halogens is 2. The number of carbonyl (C=O) groups is 1. The average molecular weight is 349 g/mol. The summed E-state index contributed by atoms with van der Waals surface area (Å²) in [5.74, 6) is 2.32. The molecule has 0 bridgehead atoms. The van der Waals surface area contributed by atoms with Gasteiger partial charge in [0.05, 0.1) is 6.42 Å². The fourth-order valence-electron chi connectivity index (χ4n) is 0.899. The van der Waals surface area contributed by atoms with E-state index in [0.717, 1.165) is 8.04 Å². The predicted octanol–water partition coefficient (Wildman–Crippen LogP) is 3.26. The van der Waals surface area contributed by atoms with Gasteiger partial charge in [-0.15, -0.1) is 6.42 Å². The van der Waals surface area contributed by atoms with Gasteiger partial charge in [0.2, 0.25) is 0 Å². The number of terminal acetylenes is 1. The highest BCUT2D eigenvalue weighted by Crippen LogP contribution is 2.20. The van der Waals surface area contributed by atoms with E-state index in [9.17, 15) is 4.79 Å². The van der Waals surface area contributed by atoms with Crippen molar-refractivity contribution in [2.75, 3.05) is 0 Å². The van der Waals surface area contributed by atoms with Crippen molar-refractivity contribution in [3.8, 4) is 12.3 Å². The molecule has 0 atom stereocenters. The van der Waals surface area contributed by atoms with Gasteiger partial charge in [0.15, 0.2) is 5.78 Å². The first kappa shape index (κ1) is 10.7. The third-order valence-electron chi connectivity index (χ3n) is 1.49. The molecule has 0 fully saturated rings. The number of ketones is 1. The Morgan fingerprint density at radius 3 is 2.92 bits per heavy atom. The number of Topliss-reactive ketones (excluding diaryl/α,β-unsaturated/α-hetero) is 1. The van der Waals surface area contributed by atoms with E-state index < -0.39 is 0 Å². The van der Waals surface area contributed by atoms with Crippen LogP contribution in [0.15, 0.2) is 22.7 Å². The van der Waals surface area contributed by atoms with Crippen LogP contribution in [-0.2, 0) is 0 Å². The molecule has 0 saturated heterocycles. The minimum atomic E-state index is -0.0205. The molecule has 0 N–H and O–H groups in total. The van der Waals surface area contributed by atoms with Crippen molar-refractivity contribution < 1.29 is 4.79 Å². The van der Waals surface area contributed by atoms with Crippen molar-refractivity contribution in [1.29, 1.82) is 0 Å². The molecule has 3 heteroatoms. The summed E-state index contributed by atoms with van der Waals surface area (Å²) in [4.78, 5) is 11.4. The van der Waals surface area contributed by atoms with E-state index in [0.29, 0.717) is 5.56 Å². The van der Waals surface area contributed by atoms with Crippen molar-refractivity contribution >= 4 is 44.3 Å². The lowest BCUT2D eigenvalue weighted by atomic mass is 10.1. The summed E-state index contributed by atoms with van der Waals surface area (Å²) in [6, 6.07) is 5.60. The highest BCUT2D eigenvalue weighted by molar-refractivity contribution is 14.1. The van der Waals surface area contributed by atoms with E-state index in [4.69, 9.17) is 6.42 Å². The van der Waals surface area contributed by atoms with Crippen LogP contribution in [0, 0.1) is 15.9 Å². The molecule has 0 saturated carbocycles. The fraction of sp³-hybridized carbons (Fsp3) is 0.100. The van der Waals surface area contributed by atoms with E-state index in [1.165, 1.54) is 0 Å². The predicted molar refractivity (Wildman–Crippen MR) is 64.6 cm³/mol. The van der Waals surface area contributed by atoms with E-state index in [-0.39, 0.29) is 12.2 Å². The lowest BCUT2D eigenvalue weighted by molar-refractivity contribution is 0.0997. The quantitative estimate of drug-likeness (QED) is 0.455. The molecule has 0 aromatic heterocycles. The monoisotopic (exact) mass is 348 g/mol. The Kier molecular flexibility index (Phi) is 3.94. The Morgan fingerprint density at radius 1 is 1.62 bits per heavy atom. The fourth-order valence-corrected chi connectivity index (χ4v) is 1.86. The standard InChI is InChI=1S/C10H6BrIO/c1-2-3-10(13)8-6-7(12)4-5-9(8)11/h1,4-6H,3H2. The maximum atomic E-state index is 11.4. The summed E-state index contributed by atoms with van der Waals surface area (Å²) in [7, 11) is 0. The molecule has 0 aliphatic carbocycles. The zero-order valence-electron chi connectivity index (χ0n) is 6.68. The third-order valence-corrected chi connectivity index (χ3v) is 2.85. The third kappa shape index (κ3) is 2.82. The van der Waals surface area contributed by atoms with Crippen molar-refractivity contribution in [2.24, 2.45) is 0 Å². The van der Waals surface area contributed by atoms with E-state index in [2.05, 4.69) is 44.4 Å². The summed E-state index contributed by atoms with van der Waals surface area (Å²) in [5.41, 5.74) is 0.657. The Morgan fingerprint density at radius 2 is 2.31 bits per heavy atom. The Hall–Kier alpha value is -0.340. The van der Waals surface area contributed by atoms with Crippen molar-refractivity contribution in [3.63, 3.8) is 0 Å². The molecule has 0 heterocycles. The lowest BCUT2D eigenvalue weighted by Gasteiger charge is -2.01. The van der Waals surface area contributed by atoms with Gasteiger partial charge < -0.3 is 0 Å². The molecule has 1 rings (SSSR count). The van der Waals surface area contributed by atoms with Gasteiger partial charge in [-0.2, -0.15) is 0 Å². The maximum Gasteiger partial charge on any atom is 0.175 e. The highest BCUT2D eigenvalue weighted by atomic mass is 127. The van der Waals surface area contributed by atoms with Crippen molar-refractivity contribution in [3.05, 3.63) is 31.8 Å². The molecule has 0 aliphatic heterocycles. The minimum absolute atomic E-state index is 0.0205. The van der Waals surface area contributed by atoms with Gasteiger partial charge in [0.1, 0.15) is 0 Å². The summed E-state index contributed by atoms with van der Waals surface area (Å²) >= 11 is 5.47. The second kappa shape index (κ2) is 4.77. The number of rotatable bonds is 2. The molecule has 1 nitrogen and oxygen atoms in total. The maximum absolute atomic E-state index is 11.4. The van der Waals surface area contributed by atoms with Crippen LogP contribution in [0.4, 0.5) is 0 Å². The van der Waals surface area contributed by atoms with Crippen molar-refractivity contribution in [2.45, 2.75) is 6.42 Å². The molecule has 1 aromatic carbocycles. The molecular weight excluding hydrogens is 343 g/mol. The normalized spacial score (nSPS) is 9.31. The molecule has 66 valence electrons. The zero-order chi connectivity index (χ0) is 9.84. The lowest BCUT2D eigenvalue weighted by Crippen LogP contribution is -1.98. The largest absolute Gasteiger partial charge is 0.293 e. The Bertz CT molecular complexity index is 379. The summed E-state index contributed by atoms with van der Waals surface area (Å²) < 4.78 is 1.83. The van der Waals surface area contributed by atoms with Crippen LogP contribution in [0.1, 0.15) is 16.8 Å². The smallest absolute Gasteiger partial charge is 0.175 e. The zero-order valence-corrected chi connectivity index (χ0v) is 10.4. The van der Waals surface area contributed by atoms with Crippen LogP contribution in [-0.4, -0.2) is 5.78 Å².